The standard InChI is InChI=1S/C21H20N4O3S/c1-2-3-4-7-10-28-17-11-16-18(12-15(17)24-22)29-21(23-16)25-19(26)13-8-5-6-9-14(13)20(25)27/h5-6,8-9,11-12,22H,2-4,7,10H2,1H3. The SMILES string of the molecule is CCCCCCOc1cc2nc(N3C(=O)c4ccccc4C3=O)sc2cc1N=N. The molecule has 0 saturated heterocycles. The van der Waals surface area contributed by atoms with E-state index in [1.807, 2.05) is 0 Å². The van der Waals surface area contributed by atoms with E-state index in [2.05, 4.69) is 17.0 Å². The Morgan fingerprint density at radius 1 is 1.10 bits per heavy atom. The number of aromatic nitrogens is 1. The molecule has 1 aliphatic rings. The Balaban J connectivity index is 1.62. The Morgan fingerprint density at radius 3 is 2.48 bits per heavy atom. The first kappa shape index (κ1) is 19.2. The third-order valence-electron chi connectivity index (χ3n) is 4.82. The molecule has 1 aromatic heterocycles. The number of carbonyl (C=O) groups is 2. The molecule has 29 heavy (non-hydrogen) atoms. The average molecular weight is 408 g/mol. The van der Waals surface area contributed by atoms with Crippen molar-refractivity contribution in [2.24, 2.45) is 5.11 Å². The quantitative estimate of drug-likeness (QED) is 0.293. The van der Waals surface area contributed by atoms with Crippen molar-refractivity contribution in [3.8, 4) is 5.75 Å². The van der Waals surface area contributed by atoms with Gasteiger partial charge < -0.3 is 4.74 Å². The number of benzene rings is 2. The van der Waals surface area contributed by atoms with Crippen LogP contribution in [0, 0.1) is 5.53 Å². The van der Waals surface area contributed by atoms with E-state index in [0.29, 0.717) is 39.8 Å². The molecule has 2 heterocycles. The molecule has 0 saturated carbocycles. The Bertz CT molecular complexity index is 1070. The van der Waals surface area contributed by atoms with Crippen LogP contribution in [0.3, 0.4) is 0 Å². The predicted octanol–water partition coefficient (Wildman–Crippen LogP) is 5.72. The lowest BCUT2D eigenvalue weighted by atomic mass is 10.1. The van der Waals surface area contributed by atoms with E-state index in [0.717, 1.165) is 35.3 Å². The first-order chi connectivity index (χ1) is 14.1. The second kappa shape index (κ2) is 8.08. The van der Waals surface area contributed by atoms with Crippen LogP contribution in [0.15, 0.2) is 41.5 Å². The number of ether oxygens (including phenoxy) is 1. The molecule has 0 fully saturated rings. The van der Waals surface area contributed by atoms with Crippen LogP contribution in [0.2, 0.25) is 0 Å². The van der Waals surface area contributed by atoms with Crippen LogP contribution in [0.5, 0.6) is 5.75 Å². The summed E-state index contributed by atoms with van der Waals surface area (Å²) in [6.45, 7) is 2.70. The second-order valence-electron chi connectivity index (χ2n) is 6.80. The van der Waals surface area contributed by atoms with Gasteiger partial charge in [0.1, 0.15) is 11.4 Å². The Kier molecular flexibility index (Phi) is 5.35. The molecule has 0 unspecified atom stereocenters. The molecule has 4 rings (SSSR count). The molecule has 148 valence electrons. The van der Waals surface area contributed by atoms with Gasteiger partial charge in [0.2, 0.25) is 5.13 Å². The maximum atomic E-state index is 12.7. The molecular weight excluding hydrogens is 388 g/mol. The van der Waals surface area contributed by atoms with Gasteiger partial charge in [-0.25, -0.2) is 15.4 Å². The highest BCUT2D eigenvalue weighted by atomic mass is 32.1. The van der Waals surface area contributed by atoms with Gasteiger partial charge in [0.25, 0.3) is 11.8 Å². The molecule has 8 heteroatoms. The Morgan fingerprint density at radius 2 is 1.83 bits per heavy atom. The minimum absolute atomic E-state index is 0.308. The predicted molar refractivity (Wildman–Crippen MR) is 112 cm³/mol. The van der Waals surface area contributed by atoms with Gasteiger partial charge >= 0.3 is 0 Å². The molecule has 0 atom stereocenters. The minimum Gasteiger partial charge on any atom is -0.491 e. The zero-order chi connectivity index (χ0) is 20.4. The number of unbranched alkanes of at least 4 members (excludes halogenated alkanes) is 3. The van der Waals surface area contributed by atoms with Gasteiger partial charge in [-0.3, -0.25) is 9.59 Å². The van der Waals surface area contributed by atoms with Crippen LogP contribution in [0.25, 0.3) is 10.2 Å². The number of hydrogen-bond donors (Lipinski definition) is 1. The molecular formula is C21H20N4O3S. The zero-order valence-corrected chi connectivity index (χ0v) is 16.8. The first-order valence-electron chi connectivity index (χ1n) is 9.56. The molecule has 0 aliphatic carbocycles. The van der Waals surface area contributed by atoms with Crippen LogP contribution in [-0.4, -0.2) is 23.4 Å². The van der Waals surface area contributed by atoms with E-state index in [-0.39, 0.29) is 11.8 Å². The van der Waals surface area contributed by atoms with Crippen molar-refractivity contribution >= 4 is 44.2 Å². The maximum absolute atomic E-state index is 12.7. The number of imide groups is 1. The molecule has 0 spiro atoms. The van der Waals surface area contributed by atoms with Gasteiger partial charge in [-0.05, 0) is 24.6 Å². The van der Waals surface area contributed by atoms with Crippen molar-refractivity contribution < 1.29 is 14.3 Å². The zero-order valence-electron chi connectivity index (χ0n) is 16.0. The summed E-state index contributed by atoms with van der Waals surface area (Å²) < 4.78 is 6.55. The van der Waals surface area contributed by atoms with E-state index in [9.17, 15) is 9.59 Å². The van der Waals surface area contributed by atoms with Crippen molar-refractivity contribution in [2.75, 3.05) is 11.5 Å². The normalized spacial score (nSPS) is 13.2. The lowest BCUT2D eigenvalue weighted by Gasteiger charge is -2.08. The van der Waals surface area contributed by atoms with Crippen molar-refractivity contribution in [3.05, 3.63) is 47.5 Å². The smallest absolute Gasteiger partial charge is 0.268 e. The molecule has 1 N–H and O–H groups in total. The number of nitrogens with one attached hydrogen (secondary N) is 1. The summed E-state index contributed by atoms with van der Waals surface area (Å²) >= 11 is 1.22. The number of amides is 2. The molecule has 3 aromatic rings. The molecule has 0 bridgehead atoms. The lowest BCUT2D eigenvalue weighted by Crippen LogP contribution is -2.29. The lowest BCUT2D eigenvalue weighted by molar-refractivity contribution is 0.0926. The fraction of sp³-hybridized carbons (Fsp3) is 0.286. The third kappa shape index (κ3) is 3.51. The van der Waals surface area contributed by atoms with Gasteiger partial charge in [0.15, 0.2) is 0 Å². The molecule has 1 aliphatic heterocycles. The highest BCUT2D eigenvalue weighted by Gasteiger charge is 2.38. The number of hydrogen-bond acceptors (Lipinski definition) is 7. The van der Waals surface area contributed by atoms with Crippen LogP contribution in [0.4, 0.5) is 10.8 Å². The van der Waals surface area contributed by atoms with Gasteiger partial charge in [-0.15, -0.1) is 0 Å². The van der Waals surface area contributed by atoms with E-state index < -0.39 is 0 Å². The number of carbonyl (C=O) groups excluding carboxylic acids is 2. The van der Waals surface area contributed by atoms with Gasteiger partial charge in [0.05, 0.1) is 28.0 Å². The summed E-state index contributed by atoms with van der Waals surface area (Å²) in [6, 6.07) is 10.2. The topological polar surface area (TPSA) is 95.7 Å². The molecule has 0 radical (unpaired) electrons. The number of thiazole rings is 1. The average Bonchev–Trinajstić information content (AvgIpc) is 3.25. The van der Waals surface area contributed by atoms with E-state index in [1.165, 1.54) is 11.3 Å². The molecule has 2 aromatic carbocycles. The minimum atomic E-state index is -0.373. The number of nitrogens with zero attached hydrogens (tertiary/aromatic N) is 3. The van der Waals surface area contributed by atoms with E-state index in [1.54, 1.807) is 36.4 Å². The van der Waals surface area contributed by atoms with Crippen LogP contribution >= 0.6 is 11.3 Å². The van der Waals surface area contributed by atoms with Crippen LogP contribution in [-0.2, 0) is 0 Å². The van der Waals surface area contributed by atoms with Crippen LogP contribution in [0.1, 0.15) is 53.3 Å². The first-order valence-corrected chi connectivity index (χ1v) is 10.4. The molecule has 2 amide bonds. The fourth-order valence-corrected chi connectivity index (χ4v) is 4.28. The summed E-state index contributed by atoms with van der Waals surface area (Å²) in [5, 5.41) is 3.87. The molecule has 7 nitrogen and oxygen atoms in total. The summed E-state index contributed by atoms with van der Waals surface area (Å²) in [5.41, 5.74) is 9.23. The monoisotopic (exact) mass is 408 g/mol. The van der Waals surface area contributed by atoms with Crippen molar-refractivity contribution in [1.29, 1.82) is 5.53 Å². The largest absolute Gasteiger partial charge is 0.491 e. The van der Waals surface area contributed by atoms with Gasteiger partial charge in [-0.2, -0.15) is 5.11 Å². The summed E-state index contributed by atoms with van der Waals surface area (Å²) in [5.74, 6) is -0.256. The van der Waals surface area contributed by atoms with Crippen molar-refractivity contribution in [3.63, 3.8) is 0 Å². The van der Waals surface area contributed by atoms with Crippen LogP contribution < -0.4 is 9.64 Å². The van der Waals surface area contributed by atoms with Gasteiger partial charge in [0, 0.05) is 6.07 Å². The van der Waals surface area contributed by atoms with E-state index in [4.69, 9.17) is 10.3 Å². The number of fused-ring (bicyclic) bond motifs is 2. The number of anilines is 1. The van der Waals surface area contributed by atoms with Gasteiger partial charge in [-0.1, -0.05) is 49.7 Å². The highest BCUT2D eigenvalue weighted by molar-refractivity contribution is 7.22. The van der Waals surface area contributed by atoms with Crippen molar-refractivity contribution in [1.82, 2.24) is 4.98 Å². The Labute approximate surface area is 171 Å². The van der Waals surface area contributed by atoms with E-state index >= 15 is 0 Å². The number of rotatable bonds is 8. The highest BCUT2D eigenvalue weighted by Crippen LogP contribution is 2.39. The summed E-state index contributed by atoms with van der Waals surface area (Å²) in [7, 11) is 0. The third-order valence-corrected chi connectivity index (χ3v) is 5.82. The summed E-state index contributed by atoms with van der Waals surface area (Å²) in [6.07, 6.45) is 4.33. The summed E-state index contributed by atoms with van der Waals surface area (Å²) in [4.78, 5) is 31.0. The maximum Gasteiger partial charge on any atom is 0.268 e. The van der Waals surface area contributed by atoms with Crippen molar-refractivity contribution in [2.45, 2.75) is 32.6 Å². The second-order valence-corrected chi connectivity index (χ2v) is 7.81. The fourth-order valence-electron chi connectivity index (χ4n) is 3.30. The Hall–Kier alpha value is -3.13.